The number of benzene rings is 3. The van der Waals surface area contributed by atoms with Gasteiger partial charge in [0, 0.05) is 11.8 Å². The van der Waals surface area contributed by atoms with Crippen molar-refractivity contribution in [3.63, 3.8) is 0 Å². The number of carbonyl (C=O) groups excluding carboxylic acids is 2. The fourth-order valence-corrected chi connectivity index (χ4v) is 3.76. The average Bonchev–Trinajstić information content (AvgIpc) is 3.35. The molecular formula is C25H18F2N2O4. The summed E-state index contributed by atoms with van der Waals surface area (Å²) in [5.74, 6) is -2.00. The maximum atomic E-state index is 13.7. The van der Waals surface area contributed by atoms with Crippen LogP contribution in [0.5, 0.6) is 11.5 Å². The molecule has 166 valence electrons. The Morgan fingerprint density at radius 1 is 0.879 bits per heavy atom. The summed E-state index contributed by atoms with van der Waals surface area (Å²) in [5.41, 5.74) is 2.51. The molecule has 0 unspecified atom stereocenters. The predicted octanol–water partition coefficient (Wildman–Crippen LogP) is 4.39. The van der Waals surface area contributed by atoms with Crippen LogP contribution in [-0.2, 0) is 16.1 Å². The van der Waals surface area contributed by atoms with Crippen molar-refractivity contribution in [2.24, 2.45) is 0 Å². The van der Waals surface area contributed by atoms with Crippen molar-refractivity contribution < 1.29 is 27.8 Å². The number of nitrogens with zero attached hydrogens (tertiary/aromatic N) is 1. The first-order valence-electron chi connectivity index (χ1n) is 10.2. The van der Waals surface area contributed by atoms with Crippen LogP contribution in [0.1, 0.15) is 16.7 Å². The van der Waals surface area contributed by atoms with E-state index >= 15 is 0 Å². The highest BCUT2D eigenvalue weighted by molar-refractivity contribution is 6.36. The lowest BCUT2D eigenvalue weighted by atomic mass is 10.0. The lowest BCUT2D eigenvalue weighted by Gasteiger charge is -2.16. The number of imide groups is 1. The average molecular weight is 448 g/mol. The summed E-state index contributed by atoms with van der Waals surface area (Å²) in [7, 11) is 0. The minimum Gasteiger partial charge on any atom is -0.454 e. The van der Waals surface area contributed by atoms with Gasteiger partial charge in [-0.15, -0.1) is 0 Å². The zero-order chi connectivity index (χ0) is 23.1. The highest BCUT2D eigenvalue weighted by atomic mass is 19.2. The number of hydrogen-bond acceptors (Lipinski definition) is 5. The van der Waals surface area contributed by atoms with Crippen LogP contribution in [0.15, 0.2) is 66.4 Å². The van der Waals surface area contributed by atoms with Gasteiger partial charge in [0.25, 0.3) is 11.8 Å². The van der Waals surface area contributed by atoms with Gasteiger partial charge in [0.05, 0.1) is 12.1 Å². The molecule has 0 bridgehead atoms. The summed E-state index contributed by atoms with van der Waals surface area (Å²) in [5, 5.41) is 2.83. The maximum absolute atomic E-state index is 13.7. The minimum atomic E-state index is -1.06. The molecule has 8 heteroatoms. The molecule has 2 aliphatic heterocycles. The zero-order valence-corrected chi connectivity index (χ0v) is 17.5. The number of carbonyl (C=O) groups is 2. The Balaban J connectivity index is 1.51. The van der Waals surface area contributed by atoms with Crippen molar-refractivity contribution in [2.75, 3.05) is 12.1 Å². The summed E-state index contributed by atoms with van der Waals surface area (Å²) in [4.78, 5) is 27.8. The number of anilines is 1. The molecule has 3 aromatic carbocycles. The third-order valence-electron chi connectivity index (χ3n) is 5.47. The van der Waals surface area contributed by atoms with Crippen LogP contribution in [0.25, 0.3) is 5.57 Å². The number of aryl methyl sites for hydroxylation is 1. The first-order valence-corrected chi connectivity index (χ1v) is 10.2. The number of halogens is 2. The van der Waals surface area contributed by atoms with Gasteiger partial charge in [-0.25, -0.2) is 8.78 Å². The van der Waals surface area contributed by atoms with Crippen LogP contribution in [0, 0.1) is 18.6 Å². The Morgan fingerprint density at radius 2 is 1.64 bits per heavy atom. The highest BCUT2D eigenvalue weighted by Crippen LogP contribution is 2.35. The van der Waals surface area contributed by atoms with Crippen molar-refractivity contribution in [2.45, 2.75) is 13.5 Å². The fraction of sp³-hybridized carbons (Fsp3) is 0.120. The number of ether oxygens (including phenoxy) is 2. The summed E-state index contributed by atoms with van der Waals surface area (Å²) >= 11 is 0. The van der Waals surface area contributed by atoms with E-state index < -0.39 is 23.4 Å². The molecule has 0 aliphatic carbocycles. The van der Waals surface area contributed by atoms with Crippen molar-refractivity contribution in [1.82, 2.24) is 4.90 Å². The van der Waals surface area contributed by atoms with Crippen LogP contribution in [0.3, 0.4) is 0 Å². The Hall–Kier alpha value is -4.20. The van der Waals surface area contributed by atoms with Gasteiger partial charge < -0.3 is 14.8 Å². The third-order valence-corrected chi connectivity index (χ3v) is 5.47. The zero-order valence-electron chi connectivity index (χ0n) is 17.5. The molecule has 5 rings (SSSR count). The quantitative estimate of drug-likeness (QED) is 0.587. The molecule has 2 aliphatic rings. The summed E-state index contributed by atoms with van der Waals surface area (Å²) in [6.45, 7) is 2.03. The molecular weight excluding hydrogens is 430 g/mol. The molecule has 0 atom stereocenters. The van der Waals surface area contributed by atoms with E-state index in [1.54, 1.807) is 30.3 Å². The highest BCUT2D eigenvalue weighted by Gasteiger charge is 2.39. The molecule has 2 amide bonds. The van der Waals surface area contributed by atoms with E-state index in [0.717, 1.165) is 22.6 Å². The molecule has 6 nitrogen and oxygen atoms in total. The van der Waals surface area contributed by atoms with Gasteiger partial charge in [0.1, 0.15) is 5.70 Å². The number of nitrogens with one attached hydrogen (secondary N) is 1. The molecule has 0 radical (unpaired) electrons. The van der Waals surface area contributed by atoms with E-state index in [4.69, 9.17) is 9.47 Å². The van der Waals surface area contributed by atoms with Crippen molar-refractivity contribution >= 4 is 23.1 Å². The molecule has 0 saturated carbocycles. The largest absolute Gasteiger partial charge is 0.454 e. The molecule has 2 heterocycles. The number of amides is 2. The third kappa shape index (κ3) is 3.80. The normalized spacial score (nSPS) is 14.9. The second kappa shape index (κ2) is 8.05. The van der Waals surface area contributed by atoms with Gasteiger partial charge >= 0.3 is 0 Å². The van der Waals surface area contributed by atoms with E-state index in [9.17, 15) is 18.4 Å². The van der Waals surface area contributed by atoms with Crippen LogP contribution in [0.4, 0.5) is 14.5 Å². The smallest absolute Gasteiger partial charge is 0.278 e. The molecule has 33 heavy (non-hydrogen) atoms. The Bertz CT molecular complexity index is 1320. The standard InChI is InChI=1S/C25H18F2N2O4/c1-14-2-5-16(6-3-14)22-23(28-17-7-8-18(26)19(27)11-17)25(31)29(24(22)30)12-15-4-9-20-21(10-15)33-13-32-20/h2-11,28H,12-13H2,1H3. The minimum absolute atomic E-state index is 0.00407. The second-order valence-corrected chi connectivity index (χ2v) is 7.75. The number of rotatable bonds is 5. The summed E-state index contributed by atoms with van der Waals surface area (Å²) in [6.07, 6.45) is 0. The van der Waals surface area contributed by atoms with Gasteiger partial charge in [0.15, 0.2) is 23.1 Å². The SMILES string of the molecule is Cc1ccc(C2=C(Nc3ccc(F)c(F)c3)C(=O)N(Cc3ccc4c(c3)OCO4)C2=O)cc1. The topological polar surface area (TPSA) is 67.9 Å². The Kier molecular flexibility index (Phi) is 5.05. The number of hydrogen-bond donors (Lipinski definition) is 1. The van der Waals surface area contributed by atoms with E-state index in [-0.39, 0.29) is 30.3 Å². The first-order chi connectivity index (χ1) is 15.9. The summed E-state index contributed by atoms with van der Waals surface area (Å²) in [6, 6.07) is 15.5. The molecule has 0 aromatic heterocycles. The second-order valence-electron chi connectivity index (χ2n) is 7.75. The Labute approximate surface area is 188 Å². The molecule has 3 aromatic rings. The van der Waals surface area contributed by atoms with Crippen LogP contribution >= 0.6 is 0 Å². The maximum Gasteiger partial charge on any atom is 0.278 e. The monoisotopic (exact) mass is 448 g/mol. The van der Waals surface area contributed by atoms with Gasteiger partial charge in [-0.3, -0.25) is 14.5 Å². The van der Waals surface area contributed by atoms with E-state index in [1.165, 1.54) is 6.07 Å². The lowest BCUT2D eigenvalue weighted by Crippen LogP contribution is -2.32. The van der Waals surface area contributed by atoms with Crippen LogP contribution < -0.4 is 14.8 Å². The summed E-state index contributed by atoms with van der Waals surface area (Å²) < 4.78 is 37.8. The lowest BCUT2D eigenvalue weighted by molar-refractivity contribution is -0.137. The number of fused-ring (bicyclic) bond motifs is 1. The van der Waals surface area contributed by atoms with E-state index in [1.807, 2.05) is 19.1 Å². The molecule has 0 saturated heterocycles. The van der Waals surface area contributed by atoms with Gasteiger partial charge in [0.2, 0.25) is 6.79 Å². The first kappa shape index (κ1) is 20.7. The fourth-order valence-electron chi connectivity index (χ4n) is 3.76. The van der Waals surface area contributed by atoms with Crippen LogP contribution in [0.2, 0.25) is 0 Å². The van der Waals surface area contributed by atoms with Crippen molar-refractivity contribution in [1.29, 1.82) is 0 Å². The van der Waals surface area contributed by atoms with E-state index in [2.05, 4.69) is 5.32 Å². The van der Waals surface area contributed by atoms with E-state index in [0.29, 0.717) is 22.6 Å². The van der Waals surface area contributed by atoms with Gasteiger partial charge in [-0.1, -0.05) is 35.9 Å². The molecule has 0 fully saturated rings. The predicted molar refractivity (Wildman–Crippen MR) is 116 cm³/mol. The van der Waals surface area contributed by atoms with Crippen LogP contribution in [-0.4, -0.2) is 23.5 Å². The van der Waals surface area contributed by atoms with Crippen molar-refractivity contribution in [3.8, 4) is 11.5 Å². The molecule has 0 spiro atoms. The van der Waals surface area contributed by atoms with Crippen molar-refractivity contribution in [3.05, 3.63) is 94.7 Å². The molecule has 1 N–H and O–H groups in total. The Morgan fingerprint density at radius 3 is 2.39 bits per heavy atom. The van der Waals surface area contributed by atoms with Gasteiger partial charge in [-0.05, 0) is 42.3 Å². The van der Waals surface area contributed by atoms with Gasteiger partial charge in [-0.2, -0.15) is 0 Å².